The van der Waals surface area contributed by atoms with E-state index in [0.717, 1.165) is 23.6 Å². The van der Waals surface area contributed by atoms with E-state index in [4.69, 9.17) is 17.2 Å². The van der Waals surface area contributed by atoms with E-state index in [1.54, 1.807) is 44.2 Å². The van der Waals surface area contributed by atoms with Crippen molar-refractivity contribution >= 4 is 124 Å². The van der Waals surface area contributed by atoms with Gasteiger partial charge < -0.3 is 137 Å². The van der Waals surface area contributed by atoms with E-state index in [1.165, 1.54) is 65.8 Å². The Balaban J connectivity index is 1.61. The van der Waals surface area contributed by atoms with Gasteiger partial charge in [-0.3, -0.25) is 95.9 Å². The minimum atomic E-state index is -2.05. The number of aliphatic hydroxyl groups is 3. The summed E-state index contributed by atoms with van der Waals surface area (Å²) in [6, 6.07) is -14.5. The second-order valence-electron chi connectivity index (χ2n) is 33.1. The van der Waals surface area contributed by atoms with Gasteiger partial charge in [-0.1, -0.05) is 97.9 Å². The van der Waals surface area contributed by atoms with Crippen molar-refractivity contribution in [2.45, 2.75) is 268 Å². The van der Waals surface area contributed by atoms with Gasteiger partial charge in [-0.05, 0) is 106 Å². The summed E-state index contributed by atoms with van der Waals surface area (Å²) in [7, 11) is 0. The van der Waals surface area contributed by atoms with E-state index in [9.17, 15) is 142 Å². The second kappa shape index (κ2) is 51.7. The summed E-state index contributed by atoms with van der Waals surface area (Å²) < 4.78 is 0. The Hall–Kier alpha value is -13.0. The third-order valence-corrected chi connectivity index (χ3v) is 20.9. The second-order valence-corrected chi connectivity index (χ2v) is 33.1. The number of hydrogen-bond donors (Lipinski definition) is 24. The molecule has 4 rings (SSSR count). The van der Waals surface area contributed by atoms with Gasteiger partial charge in [-0.15, -0.1) is 0 Å². The number of nitrogens with one attached hydrogen (secondary N) is 13. The van der Waals surface area contributed by atoms with Gasteiger partial charge in [0.15, 0.2) is 0 Å². The SMILES string of the molecule is CC(C)C[C@H](NC(=O)[C@@H]1CCCN1C(=O)[C@@H](NC(=O)[C@H](Cc1ccccc1)NC(=O)[C@H](CCC(N)=O)NC(=O)[C@@H](NC(=O)[C@@H](NC(=O)[C@H](Cc1ccc(O)cc1)NC(=O)[C@H](CCC(=O)O)NC(=O)[C@@H](NC(=O)[C@H](CC(=O)O)NC(=O)[C@@H](NC(=O)[C@@H](N)CO)C(C)C)C(C)C)[C@@H](C)O)C(C)C)[C@@H](C)O)C(=O)N[C@@H](CC(N)=O)C(=O)N1CCC[C@H]1C(=O)N[C@@H](CC(=O)O)C(=O)O. The first-order chi connectivity index (χ1) is 60.3. The summed E-state index contributed by atoms with van der Waals surface area (Å²) in [5.74, 6) is -28.4. The molecular weight excluding hydrogens is 1700 g/mol. The van der Waals surface area contributed by atoms with Crippen LogP contribution >= 0.6 is 0 Å². The number of benzene rings is 2. The number of primary amides is 2. The molecule has 129 heavy (non-hydrogen) atoms. The van der Waals surface area contributed by atoms with Crippen molar-refractivity contribution < 1.29 is 142 Å². The highest BCUT2D eigenvalue weighted by atomic mass is 16.4. The predicted octanol–water partition coefficient (Wildman–Crippen LogP) is -7.40. The molecule has 0 spiro atoms. The van der Waals surface area contributed by atoms with Gasteiger partial charge in [0.1, 0.15) is 102 Å². The number of rotatable bonds is 53. The molecular formula is C82H122N18O29. The number of carboxylic acid groups (broad SMARTS) is 4. The van der Waals surface area contributed by atoms with Crippen LogP contribution in [0.3, 0.4) is 0 Å². The third-order valence-electron chi connectivity index (χ3n) is 20.9. The normalized spacial score (nSPS) is 17.4. The monoisotopic (exact) mass is 1820 g/mol. The number of carbonyl (C=O) groups excluding carboxylic acids is 17. The molecule has 2 saturated heterocycles. The molecule has 2 aromatic carbocycles. The Morgan fingerprint density at radius 2 is 0.744 bits per heavy atom. The lowest BCUT2D eigenvalue weighted by atomic mass is 9.99. The summed E-state index contributed by atoms with van der Waals surface area (Å²) in [5.41, 5.74) is 17.3. The lowest BCUT2D eigenvalue weighted by Gasteiger charge is -2.32. The minimum Gasteiger partial charge on any atom is -0.508 e. The molecule has 2 aliphatic rings. The Morgan fingerprint density at radius 3 is 1.16 bits per heavy atom. The van der Waals surface area contributed by atoms with Gasteiger partial charge in [-0.25, -0.2) is 4.79 Å². The molecule has 17 amide bonds. The molecule has 47 heteroatoms. The van der Waals surface area contributed by atoms with E-state index in [-0.39, 0.29) is 68.8 Å². The molecule has 0 aromatic heterocycles. The van der Waals surface area contributed by atoms with Crippen molar-refractivity contribution in [1.82, 2.24) is 78.9 Å². The number of carboxylic acids is 4. The highest BCUT2D eigenvalue weighted by Crippen LogP contribution is 2.24. The van der Waals surface area contributed by atoms with Crippen LogP contribution in [-0.2, 0) is 114 Å². The Labute approximate surface area is 741 Å². The van der Waals surface area contributed by atoms with Gasteiger partial charge in [-0.2, -0.15) is 0 Å². The number of amides is 17. The summed E-state index contributed by atoms with van der Waals surface area (Å²) in [6.45, 7) is 13.1. The zero-order valence-electron chi connectivity index (χ0n) is 73.2. The lowest BCUT2D eigenvalue weighted by Crippen LogP contribution is -2.63. The fraction of sp³-hybridized carbons (Fsp3) is 0.598. The molecule has 2 aromatic rings. The van der Waals surface area contributed by atoms with Gasteiger partial charge in [0.2, 0.25) is 100 Å². The average molecular weight is 1820 g/mol. The quantitative estimate of drug-likeness (QED) is 0.0293. The number of nitrogens with two attached hydrogens (primary N) is 3. The first-order valence-electron chi connectivity index (χ1n) is 41.9. The fourth-order valence-electron chi connectivity index (χ4n) is 14.0. The number of phenolic OH excluding ortho intramolecular Hbond substituents is 1. The number of aliphatic hydroxyl groups excluding tert-OH is 3. The number of carbonyl (C=O) groups is 21. The van der Waals surface area contributed by atoms with E-state index in [2.05, 4.69) is 69.1 Å². The molecule has 0 saturated carbocycles. The molecule has 0 unspecified atom stereocenters. The Kier molecular flexibility index (Phi) is 43.4. The van der Waals surface area contributed by atoms with Crippen LogP contribution in [0.25, 0.3) is 0 Å². The van der Waals surface area contributed by atoms with Gasteiger partial charge in [0.25, 0.3) is 0 Å². The van der Waals surface area contributed by atoms with Crippen LogP contribution in [0.4, 0.5) is 0 Å². The minimum absolute atomic E-state index is 0.0291. The molecule has 0 radical (unpaired) electrons. The largest absolute Gasteiger partial charge is 0.508 e. The highest BCUT2D eigenvalue weighted by molar-refractivity contribution is 6.03. The number of phenols is 1. The summed E-state index contributed by atoms with van der Waals surface area (Å²) in [5, 5.41) is 111. The molecule has 714 valence electrons. The number of hydrogen-bond acceptors (Lipinski definition) is 26. The van der Waals surface area contributed by atoms with E-state index in [0.29, 0.717) is 5.56 Å². The van der Waals surface area contributed by atoms with E-state index in [1.807, 2.05) is 0 Å². The van der Waals surface area contributed by atoms with Crippen molar-refractivity contribution in [2.24, 2.45) is 40.9 Å². The van der Waals surface area contributed by atoms with Crippen molar-refractivity contribution in [3.8, 4) is 5.75 Å². The van der Waals surface area contributed by atoms with Gasteiger partial charge in [0.05, 0.1) is 38.1 Å². The number of likely N-dealkylation sites (tertiary alicyclic amines) is 2. The topological polar surface area (TPSA) is 761 Å². The van der Waals surface area contributed by atoms with Crippen LogP contribution in [0.1, 0.15) is 157 Å². The van der Waals surface area contributed by atoms with Crippen LogP contribution in [-0.4, -0.2) is 304 Å². The number of aliphatic carboxylic acids is 4. The standard InChI is InChI=1S/C82H122N18O29/c1-37(2)30-49(70(116)92-53(33-58(85)106)80(126)99-28-14-18-55(99)75(121)93-54(82(128)129)35-61(111)112)90-74(120)56-19-15-29-100(56)81(127)66(42(10)103)98-72(118)50(31-43-16-12-11-13-17-43)88-68(114)47(24-26-57(84)105)86-77(123)64(40(7)8)96-79(125)65(41(9)102)97-71(117)51(32-44-20-22-45(104)23-21-44)89-69(115)48(25-27-59(107)108)87-76(122)63(39(5)6)95-73(119)52(34-60(109)110)91-78(124)62(38(3)4)94-67(113)46(83)36-101/h11-13,16-17,20-23,37-42,46-56,62-66,101-104H,14-15,18-19,24-36,83H2,1-10H3,(H2,84,105)(H2,85,106)(H,86,123)(H,87,122)(H,88,114)(H,89,115)(H,90,120)(H,91,124)(H,92,116)(H,93,121)(H,94,113)(H,95,119)(H,96,125)(H,97,117)(H,98,118)(H,107,108)(H,109,110)(H,111,112)(H,128,129)/t41-,42-,46+,47+,48+,49+,50+,51+,52+,53+,54+,55+,56+,62+,63+,64+,65+,66+/m1/s1. The summed E-state index contributed by atoms with van der Waals surface area (Å²) in [6.07, 6.45) is -10.0. The molecule has 27 N–H and O–H groups in total. The first-order valence-corrected chi connectivity index (χ1v) is 41.9. The van der Waals surface area contributed by atoms with Crippen molar-refractivity contribution in [1.29, 1.82) is 0 Å². The predicted molar refractivity (Wildman–Crippen MR) is 450 cm³/mol. The third kappa shape index (κ3) is 34.9. The van der Waals surface area contributed by atoms with Crippen LogP contribution < -0.4 is 86.3 Å². The van der Waals surface area contributed by atoms with E-state index >= 15 is 0 Å². The maximum absolute atomic E-state index is 14.8. The van der Waals surface area contributed by atoms with Crippen LogP contribution in [0.2, 0.25) is 0 Å². The maximum Gasteiger partial charge on any atom is 0.326 e. The molecule has 2 aliphatic heterocycles. The van der Waals surface area contributed by atoms with Crippen LogP contribution in [0, 0.1) is 23.7 Å². The number of nitrogens with zero attached hydrogens (tertiary/aromatic N) is 2. The summed E-state index contributed by atoms with van der Waals surface area (Å²) >= 11 is 0. The molecule has 2 fully saturated rings. The number of aromatic hydroxyl groups is 1. The molecule has 0 bridgehead atoms. The van der Waals surface area contributed by atoms with Crippen LogP contribution in [0.5, 0.6) is 5.75 Å². The van der Waals surface area contributed by atoms with Crippen molar-refractivity contribution in [2.75, 3.05) is 19.7 Å². The lowest BCUT2D eigenvalue weighted by molar-refractivity contribution is -0.148. The van der Waals surface area contributed by atoms with Gasteiger partial charge in [0, 0.05) is 38.8 Å². The fourth-order valence-corrected chi connectivity index (χ4v) is 14.0. The zero-order valence-corrected chi connectivity index (χ0v) is 73.2. The zero-order chi connectivity index (χ0) is 97.3. The van der Waals surface area contributed by atoms with Crippen molar-refractivity contribution in [3.05, 3.63) is 65.7 Å². The summed E-state index contributed by atoms with van der Waals surface area (Å²) in [4.78, 5) is 288. The smallest absolute Gasteiger partial charge is 0.326 e. The van der Waals surface area contributed by atoms with Crippen LogP contribution in [0.15, 0.2) is 54.6 Å². The van der Waals surface area contributed by atoms with E-state index < -0.39 is 309 Å². The molecule has 0 aliphatic carbocycles. The average Bonchev–Trinajstić information content (AvgIpc) is 1.71. The Morgan fingerprint density at radius 1 is 0.380 bits per heavy atom. The van der Waals surface area contributed by atoms with Crippen molar-refractivity contribution in [3.63, 3.8) is 0 Å². The first kappa shape index (κ1) is 108. The maximum atomic E-state index is 14.8. The highest BCUT2D eigenvalue weighted by Gasteiger charge is 2.46. The molecule has 47 nitrogen and oxygen atoms in total. The van der Waals surface area contributed by atoms with Gasteiger partial charge >= 0.3 is 23.9 Å². The molecule has 18 atom stereocenters. The Bertz CT molecular complexity index is 4340. The molecule has 2 heterocycles.